The summed E-state index contributed by atoms with van der Waals surface area (Å²) in [5, 5.41) is 3.02. The van der Waals surface area contributed by atoms with E-state index in [9.17, 15) is 4.79 Å². The Kier molecular flexibility index (Phi) is 3.65. The first-order chi connectivity index (χ1) is 11.7. The molecule has 2 N–H and O–H groups in total. The van der Waals surface area contributed by atoms with Gasteiger partial charge in [-0.05, 0) is 59.4 Å². The lowest BCUT2D eigenvalue weighted by atomic mass is 9.84. The molecule has 2 unspecified atom stereocenters. The lowest BCUT2D eigenvalue weighted by Gasteiger charge is -2.18. The SMILES string of the molecule is CC(Cc1ccc[nH]1)C1C(=O)Nc2ccc(-c3cccnc3)cc21. The zero-order valence-corrected chi connectivity index (χ0v) is 13.5. The van der Waals surface area contributed by atoms with Crippen molar-refractivity contribution in [3.63, 3.8) is 0 Å². The average Bonchev–Trinajstić information content (AvgIpc) is 3.21. The van der Waals surface area contributed by atoms with Crippen LogP contribution in [0.2, 0.25) is 0 Å². The summed E-state index contributed by atoms with van der Waals surface area (Å²) >= 11 is 0. The second-order valence-electron chi connectivity index (χ2n) is 6.39. The summed E-state index contributed by atoms with van der Waals surface area (Å²) < 4.78 is 0. The summed E-state index contributed by atoms with van der Waals surface area (Å²) in [7, 11) is 0. The number of nitrogens with one attached hydrogen (secondary N) is 2. The van der Waals surface area contributed by atoms with Crippen LogP contribution in [0.3, 0.4) is 0 Å². The van der Waals surface area contributed by atoms with Gasteiger partial charge in [0.2, 0.25) is 5.91 Å². The van der Waals surface area contributed by atoms with E-state index in [0.717, 1.165) is 34.5 Å². The summed E-state index contributed by atoms with van der Waals surface area (Å²) in [5.41, 5.74) is 5.33. The van der Waals surface area contributed by atoms with Gasteiger partial charge in [0.05, 0.1) is 5.92 Å². The van der Waals surface area contributed by atoms with E-state index in [1.165, 1.54) is 0 Å². The van der Waals surface area contributed by atoms with E-state index in [4.69, 9.17) is 0 Å². The number of benzene rings is 1. The molecule has 4 heteroatoms. The standard InChI is InChI=1S/C20H19N3O/c1-13(10-16-5-3-9-22-16)19-17-11-14(15-4-2-8-21-12-15)6-7-18(17)23-20(19)24/h2-9,11-13,19,22H,10H2,1H3,(H,23,24). The van der Waals surface area contributed by atoms with E-state index in [1.807, 2.05) is 42.7 Å². The fourth-order valence-electron chi connectivity index (χ4n) is 3.52. The van der Waals surface area contributed by atoms with Gasteiger partial charge in [-0.25, -0.2) is 0 Å². The summed E-state index contributed by atoms with van der Waals surface area (Å²) in [6.07, 6.45) is 6.39. The van der Waals surface area contributed by atoms with Crippen LogP contribution < -0.4 is 5.32 Å². The van der Waals surface area contributed by atoms with Gasteiger partial charge in [0.15, 0.2) is 0 Å². The minimum absolute atomic E-state index is 0.0902. The predicted molar refractivity (Wildman–Crippen MR) is 94.7 cm³/mol. The van der Waals surface area contributed by atoms with Crippen LogP contribution >= 0.6 is 0 Å². The van der Waals surface area contributed by atoms with Gasteiger partial charge < -0.3 is 10.3 Å². The number of H-pyrrole nitrogens is 1. The summed E-state index contributed by atoms with van der Waals surface area (Å²) in [4.78, 5) is 19.9. The smallest absolute Gasteiger partial charge is 0.232 e. The Balaban J connectivity index is 1.67. The van der Waals surface area contributed by atoms with Crippen LogP contribution in [0.1, 0.15) is 24.1 Å². The number of rotatable bonds is 4. The number of carbonyl (C=O) groups is 1. The highest BCUT2D eigenvalue weighted by Crippen LogP contribution is 2.40. The minimum Gasteiger partial charge on any atom is -0.365 e. The highest BCUT2D eigenvalue weighted by atomic mass is 16.2. The molecular weight excluding hydrogens is 298 g/mol. The van der Waals surface area contributed by atoms with Crippen LogP contribution in [-0.2, 0) is 11.2 Å². The van der Waals surface area contributed by atoms with Crippen molar-refractivity contribution in [2.45, 2.75) is 19.3 Å². The third-order valence-corrected chi connectivity index (χ3v) is 4.70. The van der Waals surface area contributed by atoms with Crippen LogP contribution in [0.15, 0.2) is 61.1 Å². The Labute approximate surface area is 141 Å². The first-order valence-corrected chi connectivity index (χ1v) is 8.20. The summed E-state index contributed by atoms with van der Waals surface area (Å²) in [6, 6.07) is 14.2. The molecule has 0 bridgehead atoms. The molecule has 4 rings (SSSR count). The van der Waals surface area contributed by atoms with Gasteiger partial charge in [-0.15, -0.1) is 0 Å². The molecule has 0 fully saturated rings. The molecule has 0 spiro atoms. The van der Waals surface area contributed by atoms with Gasteiger partial charge >= 0.3 is 0 Å². The van der Waals surface area contributed by atoms with Gasteiger partial charge in [0, 0.05) is 30.0 Å². The van der Waals surface area contributed by atoms with Crippen LogP contribution in [-0.4, -0.2) is 15.9 Å². The zero-order valence-electron chi connectivity index (χ0n) is 13.5. The largest absolute Gasteiger partial charge is 0.365 e. The monoisotopic (exact) mass is 317 g/mol. The molecule has 3 heterocycles. The van der Waals surface area contributed by atoms with Crippen LogP contribution in [0.5, 0.6) is 0 Å². The molecule has 1 amide bonds. The van der Waals surface area contributed by atoms with Gasteiger partial charge in [-0.1, -0.05) is 19.1 Å². The Morgan fingerprint density at radius 3 is 2.83 bits per heavy atom. The Bertz CT molecular complexity index is 856. The molecule has 1 aliphatic heterocycles. The Morgan fingerprint density at radius 2 is 2.08 bits per heavy atom. The number of fused-ring (bicyclic) bond motifs is 1. The normalized spacial score (nSPS) is 17.4. The second-order valence-corrected chi connectivity index (χ2v) is 6.39. The maximum Gasteiger partial charge on any atom is 0.232 e. The molecule has 24 heavy (non-hydrogen) atoms. The fraction of sp³-hybridized carbons (Fsp3) is 0.200. The maximum atomic E-state index is 12.5. The number of hydrogen-bond acceptors (Lipinski definition) is 2. The highest BCUT2D eigenvalue weighted by Gasteiger charge is 2.35. The quantitative estimate of drug-likeness (QED) is 0.764. The number of amides is 1. The van der Waals surface area contributed by atoms with E-state index in [0.29, 0.717) is 0 Å². The maximum absolute atomic E-state index is 12.5. The van der Waals surface area contributed by atoms with Crippen molar-refractivity contribution in [1.29, 1.82) is 0 Å². The summed E-state index contributed by atoms with van der Waals surface area (Å²) in [5.74, 6) is 0.182. The molecule has 120 valence electrons. The molecule has 3 aromatic rings. The first-order valence-electron chi connectivity index (χ1n) is 8.20. The van der Waals surface area contributed by atoms with E-state index >= 15 is 0 Å². The molecule has 1 aromatic carbocycles. The number of aromatic nitrogens is 2. The van der Waals surface area contributed by atoms with Crippen molar-refractivity contribution in [1.82, 2.24) is 9.97 Å². The number of hydrogen-bond donors (Lipinski definition) is 2. The van der Waals surface area contributed by atoms with Crippen molar-refractivity contribution in [3.8, 4) is 11.1 Å². The Morgan fingerprint density at radius 1 is 1.17 bits per heavy atom. The zero-order chi connectivity index (χ0) is 16.5. The van der Waals surface area contributed by atoms with E-state index < -0.39 is 0 Å². The summed E-state index contributed by atoms with van der Waals surface area (Å²) in [6.45, 7) is 2.14. The third kappa shape index (κ3) is 2.60. The first kappa shape index (κ1) is 14.7. The molecule has 4 nitrogen and oxygen atoms in total. The molecule has 2 aromatic heterocycles. The number of pyridine rings is 1. The van der Waals surface area contributed by atoms with Gasteiger partial charge in [0.1, 0.15) is 0 Å². The van der Waals surface area contributed by atoms with Crippen molar-refractivity contribution in [2.24, 2.45) is 5.92 Å². The molecule has 1 aliphatic rings. The molecule has 0 aliphatic carbocycles. The van der Waals surface area contributed by atoms with Crippen molar-refractivity contribution >= 4 is 11.6 Å². The van der Waals surface area contributed by atoms with E-state index in [1.54, 1.807) is 6.20 Å². The second kappa shape index (κ2) is 5.96. The van der Waals surface area contributed by atoms with Gasteiger partial charge in [-0.2, -0.15) is 0 Å². The number of nitrogens with zero attached hydrogens (tertiary/aromatic N) is 1. The molecule has 2 atom stereocenters. The molecule has 0 saturated carbocycles. The molecule has 0 radical (unpaired) electrons. The topological polar surface area (TPSA) is 57.8 Å². The van der Waals surface area contributed by atoms with Crippen molar-refractivity contribution < 1.29 is 4.79 Å². The van der Waals surface area contributed by atoms with Gasteiger partial charge in [-0.3, -0.25) is 9.78 Å². The van der Waals surface area contributed by atoms with Crippen LogP contribution in [0.4, 0.5) is 5.69 Å². The van der Waals surface area contributed by atoms with Gasteiger partial charge in [0.25, 0.3) is 0 Å². The lowest BCUT2D eigenvalue weighted by molar-refractivity contribution is -0.118. The Hall–Kier alpha value is -2.88. The fourth-order valence-corrected chi connectivity index (χ4v) is 3.52. The number of aromatic amines is 1. The molecule has 0 saturated heterocycles. The minimum atomic E-state index is -0.125. The highest BCUT2D eigenvalue weighted by molar-refractivity contribution is 6.03. The number of carbonyl (C=O) groups excluding carboxylic acids is 1. The van der Waals surface area contributed by atoms with Crippen molar-refractivity contribution in [2.75, 3.05) is 5.32 Å². The molecular formula is C20H19N3O. The van der Waals surface area contributed by atoms with E-state index in [-0.39, 0.29) is 17.7 Å². The van der Waals surface area contributed by atoms with Crippen LogP contribution in [0.25, 0.3) is 11.1 Å². The van der Waals surface area contributed by atoms with E-state index in [2.05, 4.69) is 34.3 Å². The third-order valence-electron chi connectivity index (χ3n) is 4.70. The average molecular weight is 317 g/mol. The lowest BCUT2D eigenvalue weighted by Crippen LogP contribution is -2.20. The van der Waals surface area contributed by atoms with Crippen LogP contribution in [0, 0.1) is 5.92 Å². The number of anilines is 1. The predicted octanol–water partition coefficient (Wildman–Crippen LogP) is 3.99. The van der Waals surface area contributed by atoms with Crippen molar-refractivity contribution in [3.05, 3.63) is 72.3 Å².